The summed E-state index contributed by atoms with van der Waals surface area (Å²) in [6.45, 7) is 1.24. The maximum Gasteiger partial charge on any atom is 0.335 e. The van der Waals surface area contributed by atoms with Crippen molar-refractivity contribution in [2.24, 2.45) is 5.92 Å². The van der Waals surface area contributed by atoms with Gasteiger partial charge in [0.05, 0.1) is 10.5 Å². The normalized spacial score (nSPS) is 17.1. The molecule has 6 nitrogen and oxygen atoms in total. The molecule has 0 aliphatic carbocycles. The van der Waals surface area contributed by atoms with Crippen LogP contribution in [-0.4, -0.2) is 49.6 Å². The number of amides is 1. The summed E-state index contributed by atoms with van der Waals surface area (Å²) in [7, 11) is -3.28. The van der Waals surface area contributed by atoms with Crippen molar-refractivity contribution in [3.05, 3.63) is 65.2 Å². The molecule has 1 N–H and O–H groups in total. The lowest BCUT2D eigenvalue weighted by atomic mass is 9.97. The van der Waals surface area contributed by atoms with E-state index in [0.717, 1.165) is 24.7 Å². The van der Waals surface area contributed by atoms with Crippen molar-refractivity contribution in [1.29, 1.82) is 0 Å². The van der Waals surface area contributed by atoms with E-state index in [-0.39, 0.29) is 22.3 Å². The maximum absolute atomic E-state index is 12.6. The third kappa shape index (κ3) is 4.54. The number of likely N-dealkylation sites (tertiary alicyclic amines) is 1. The standard InChI is InChI=1S/C20H21NO5S/c1-27(25,26)18-7-5-16(6-8-18)19(22)21-10-9-15(13-21)11-14-3-2-4-17(12-14)20(23)24/h2-8,12,15H,9-11,13H2,1H3,(H,23,24). The number of carbonyl (C=O) groups is 2. The number of nitrogens with zero attached hydrogens (tertiary/aromatic N) is 1. The van der Waals surface area contributed by atoms with Crippen molar-refractivity contribution < 1.29 is 23.1 Å². The van der Waals surface area contributed by atoms with E-state index >= 15 is 0 Å². The lowest BCUT2D eigenvalue weighted by Gasteiger charge is -2.17. The summed E-state index contributed by atoms with van der Waals surface area (Å²) < 4.78 is 23.0. The highest BCUT2D eigenvalue weighted by Gasteiger charge is 2.27. The van der Waals surface area contributed by atoms with Gasteiger partial charge in [0.2, 0.25) is 0 Å². The van der Waals surface area contributed by atoms with Crippen LogP contribution < -0.4 is 0 Å². The molecule has 0 aromatic heterocycles. The molecule has 0 radical (unpaired) electrons. The molecule has 2 aromatic carbocycles. The van der Waals surface area contributed by atoms with Crippen LogP contribution in [-0.2, 0) is 16.3 Å². The Kier molecular flexibility index (Phi) is 5.32. The van der Waals surface area contributed by atoms with Crippen molar-refractivity contribution in [3.8, 4) is 0 Å². The third-order valence-corrected chi connectivity index (χ3v) is 5.93. The van der Waals surface area contributed by atoms with Crippen molar-refractivity contribution in [2.45, 2.75) is 17.7 Å². The van der Waals surface area contributed by atoms with Gasteiger partial charge in [0, 0.05) is 24.9 Å². The van der Waals surface area contributed by atoms with Gasteiger partial charge in [0.1, 0.15) is 0 Å². The number of carboxylic acids is 1. The SMILES string of the molecule is CS(=O)(=O)c1ccc(C(=O)N2CCC(Cc3cccc(C(=O)O)c3)C2)cc1. The first-order chi connectivity index (χ1) is 12.7. The first-order valence-corrected chi connectivity index (χ1v) is 10.5. The molecule has 1 heterocycles. The van der Waals surface area contributed by atoms with Gasteiger partial charge in [-0.3, -0.25) is 4.79 Å². The molecule has 27 heavy (non-hydrogen) atoms. The Morgan fingerprint density at radius 2 is 1.81 bits per heavy atom. The van der Waals surface area contributed by atoms with Crippen LogP contribution in [0.15, 0.2) is 53.4 Å². The summed E-state index contributed by atoms with van der Waals surface area (Å²) in [4.78, 5) is 25.7. The average molecular weight is 387 g/mol. The van der Waals surface area contributed by atoms with Crippen LogP contribution in [0.3, 0.4) is 0 Å². The first-order valence-electron chi connectivity index (χ1n) is 8.65. The fourth-order valence-corrected chi connectivity index (χ4v) is 4.01. The average Bonchev–Trinajstić information content (AvgIpc) is 3.09. The summed E-state index contributed by atoms with van der Waals surface area (Å²) in [5, 5.41) is 9.09. The molecule has 142 valence electrons. The van der Waals surface area contributed by atoms with Crippen LogP contribution in [0, 0.1) is 5.92 Å². The molecule has 0 saturated carbocycles. The Morgan fingerprint density at radius 1 is 1.11 bits per heavy atom. The van der Waals surface area contributed by atoms with Gasteiger partial charge < -0.3 is 10.0 Å². The molecular formula is C20H21NO5S. The van der Waals surface area contributed by atoms with Crippen molar-refractivity contribution >= 4 is 21.7 Å². The van der Waals surface area contributed by atoms with Gasteiger partial charge >= 0.3 is 5.97 Å². The predicted octanol–water partition coefficient (Wildman–Crippen LogP) is 2.49. The van der Waals surface area contributed by atoms with E-state index in [4.69, 9.17) is 5.11 Å². The van der Waals surface area contributed by atoms with E-state index in [0.29, 0.717) is 18.7 Å². The zero-order valence-corrected chi connectivity index (χ0v) is 15.8. The number of carbonyl (C=O) groups excluding carboxylic acids is 1. The first kappa shape index (κ1) is 19.1. The molecule has 1 atom stereocenters. The van der Waals surface area contributed by atoms with Crippen molar-refractivity contribution in [2.75, 3.05) is 19.3 Å². The number of rotatable bonds is 5. The van der Waals surface area contributed by atoms with Gasteiger partial charge in [0.25, 0.3) is 5.91 Å². The van der Waals surface area contributed by atoms with E-state index in [1.54, 1.807) is 35.2 Å². The second-order valence-corrected chi connectivity index (χ2v) is 8.93. The lowest BCUT2D eigenvalue weighted by Crippen LogP contribution is -2.29. The van der Waals surface area contributed by atoms with E-state index in [9.17, 15) is 18.0 Å². The van der Waals surface area contributed by atoms with Crippen LogP contribution >= 0.6 is 0 Å². The Morgan fingerprint density at radius 3 is 2.44 bits per heavy atom. The van der Waals surface area contributed by atoms with Gasteiger partial charge in [-0.15, -0.1) is 0 Å². The number of sulfone groups is 1. The zero-order chi connectivity index (χ0) is 19.6. The number of aromatic carboxylic acids is 1. The van der Waals surface area contributed by atoms with Gasteiger partial charge in [-0.05, 0) is 60.7 Å². The Labute approximate surface area is 158 Å². The summed E-state index contributed by atoms with van der Waals surface area (Å²) in [6.07, 6.45) is 2.70. The number of benzene rings is 2. The summed E-state index contributed by atoms with van der Waals surface area (Å²) in [6, 6.07) is 12.9. The van der Waals surface area contributed by atoms with E-state index in [1.807, 2.05) is 6.07 Å². The zero-order valence-electron chi connectivity index (χ0n) is 15.0. The monoisotopic (exact) mass is 387 g/mol. The quantitative estimate of drug-likeness (QED) is 0.851. The number of carboxylic acid groups (broad SMARTS) is 1. The molecule has 0 bridgehead atoms. The molecule has 1 aliphatic rings. The smallest absolute Gasteiger partial charge is 0.335 e. The molecule has 1 amide bonds. The number of hydrogen-bond acceptors (Lipinski definition) is 4. The molecule has 1 aliphatic heterocycles. The fourth-order valence-electron chi connectivity index (χ4n) is 3.38. The maximum atomic E-state index is 12.6. The van der Waals surface area contributed by atoms with Gasteiger partial charge in [-0.2, -0.15) is 0 Å². The topological polar surface area (TPSA) is 91.8 Å². The minimum atomic E-state index is -3.28. The third-order valence-electron chi connectivity index (χ3n) is 4.80. The highest BCUT2D eigenvalue weighted by atomic mass is 32.2. The van der Waals surface area contributed by atoms with E-state index in [1.165, 1.54) is 12.1 Å². The molecular weight excluding hydrogens is 366 g/mol. The highest BCUT2D eigenvalue weighted by Crippen LogP contribution is 2.23. The summed E-state index contributed by atoms with van der Waals surface area (Å²) in [5.41, 5.74) is 1.69. The Balaban J connectivity index is 1.64. The molecule has 1 unspecified atom stereocenters. The minimum Gasteiger partial charge on any atom is -0.478 e. The molecule has 0 spiro atoms. The van der Waals surface area contributed by atoms with Crippen LogP contribution in [0.5, 0.6) is 0 Å². The van der Waals surface area contributed by atoms with Crippen LogP contribution in [0.25, 0.3) is 0 Å². The Bertz CT molecular complexity index is 966. The molecule has 1 saturated heterocycles. The molecule has 7 heteroatoms. The highest BCUT2D eigenvalue weighted by molar-refractivity contribution is 7.90. The van der Waals surface area contributed by atoms with E-state index in [2.05, 4.69) is 0 Å². The van der Waals surface area contributed by atoms with Gasteiger partial charge in [-0.25, -0.2) is 13.2 Å². The Hall–Kier alpha value is -2.67. The summed E-state index contributed by atoms with van der Waals surface area (Å²) >= 11 is 0. The largest absolute Gasteiger partial charge is 0.478 e. The lowest BCUT2D eigenvalue weighted by molar-refractivity contribution is 0.0696. The molecule has 3 rings (SSSR count). The van der Waals surface area contributed by atoms with E-state index < -0.39 is 15.8 Å². The number of hydrogen-bond donors (Lipinski definition) is 1. The molecule has 2 aromatic rings. The van der Waals surface area contributed by atoms with Gasteiger partial charge in [-0.1, -0.05) is 12.1 Å². The minimum absolute atomic E-state index is 0.114. The van der Waals surface area contributed by atoms with Crippen molar-refractivity contribution in [1.82, 2.24) is 4.90 Å². The second kappa shape index (κ2) is 7.52. The second-order valence-electron chi connectivity index (χ2n) is 6.91. The van der Waals surface area contributed by atoms with Crippen molar-refractivity contribution in [3.63, 3.8) is 0 Å². The molecule has 1 fully saturated rings. The summed E-state index contributed by atoms with van der Waals surface area (Å²) in [5.74, 6) is -0.789. The predicted molar refractivity (Wildman–Crippen MR) is 101 cm³/mol. The fraction of sp³-hybridized carbons (Fsp3) is 0.300. The van der Waals surface area contributed by atoms with Crippen LogP contribution in [0.1, 0.15) is 32.7 Å². The van der Waals surface area contributed by atoms with Crippen LogP contribution in [0.4, 0.5) is 0 Å². The van der Waals surface area contributed by atoms with Crippen LogP contribution in [0.2, 0.25) is 0 Å². The van der Waals surface area contributed by atoms with Gasteiger partial charge in [0.15, 0.2) is 9.84 Å².